The summed E-state index contributed by atoms with van der Waals surface area (Å²) in [6.07, 6.45) is 1.15. The van der Waals surface area contributed by atoms with Crippen LogP contribution in [0.15, 0.2) is 54.6 Å². The highest BCUT2D eigenvalue weighted by Crippen LogP contribution is 2.29. The number of aryl methyl sites for hydroxylation is 1. The molecule has 1 aromatic heterocycles. The van der Waals surface area contributed by atoms with Gasteiger partial charge in [-0.25, -0.2) is 9.48 Å². The van der Waals surface area contributed by atoms with E-state index in [2.05, 4.69) is 36.7 Å². The second-order valence-electron chi connectivity index (χ2n) is 8.41. The number of para-hydroxylation sites is 1. The van der Waals surface area contributed by atoms with Crippen LogP contribution in [0.4, 0.5) is 22.0 Å². The van der Waals surface area contributed by atoms with Crippen molar-refractivity contribution in [2.45, 2.75) is 39.0 Å². The van der Waals surface area contributed by atoms with Gasteiger partial charge in [-0.2, -0.15) is 5.10 Å². The van der Waals surface area contributed by atoms with Crippen LogP contribution in [0, 0.1) is 0 Å². The Morgan fingerprint density at radius 1 is 1.03 bits per heavy atom. The number of carbonyl (C=O) groups is 2. The summed E-state index contributed by atoms with van der Waals surface area (Å²) >= 11 is 0. The fraction of sp³-hybridized carbons (Fsp3) is 0.261. The molecule has 0 saturated heterocycles. The standard InChI is InChI=1S/C23H25N5O2/c1-23(2,3)19-14-20(26-22(30)24-16-7-5-4-6-8-16)28(27-19)17-10-11-18-15(13-17)9-12-21(29)25-18/h4-8,10-11,13-14H,9,12H2,1-3H3,(H,25,29)(H2,24,26,30). The Bertz CT molecular complexity index is 1100. The summed E-state index contributed by atoms with van der Waals surface area (Å²) in [5.74, 6) is 0.609. The van der Waals surface area contributed by atoms with E-state index in [1.54, 1.807) is 4.68 Å². The van der Waals surface area contributed by atoms with Crippen LogP contribution < -0.4 is 16.0 Å². The number of carbonyl (C=O) groups excluding carboxylic acids is 2. The van der Waals surface area contributed by atoms with Gasteiger partial charge < -0.3 is 10.6 Å². The topological polar surface area (TPSA) is 88.0 Å². The van der Waals surface area contributed by atoms with Crippen molar-refractivity contribution in [2.24, 2.45) is 0 Å². The number of nitrogens with zero attached hydrogens (tertiary/aromatic N) is 2. The van der Waals surface area contributed by atoms with Crippen LogP contribution in [0.25, 0.3) is 5.69 Å². The molecule has 0 unspecified atom stereocenters. The van der Waals surface area contributed by atoms with E-state index in [1.165, 1.54) is 0 Å². The van der Waals surface area contributed by atoms with Crippen LogP contribution in [-0.4, -0.2) is 21.7 Å². The minimum absolute atomic E-state index is 0.0318. The highest BCUT2D eigenvalue weighted by molar-refractivity contribution is 5.99. The fourth-order valence-corrected chi connectivity index (χ4v) is 3.34. The molecule has 30 heavy (non-hydrogen) atoms. The number of benzene rings is 2. The molecule has 0 atom stereocenters. The summed E-state index contributed by atoms with van der Waals surface area (Å²) in [5.41, 5.74) is 4.11. The van der Waals surface area contributed by atoms with Gasteiger partial charge in [-0.1, -0.05) is 39.0 Å². The number of hydrogen-bond acceptors (Lipinski definition) is 3. The normalized spacial score (nSPS) is 13.4. The van der Waals surface area contributed by atoms with Crippen LogP contribution in [0.5, 0.6) is 0 Å². The van der Waals surface area contributed by atoms with E-state index in [1.807, 2.05) is 54.6 Å². The first-order valence-electron chi connectivity index (χ1n) is 9.96. The third-order valence-electron chi connectivity index (χ3n) is 4.98. The summed E-state index contributed by atoms with van der Waals surface area (Å²) in [6, 6.07) is 16.6. The zero-order chi connectivity index (χ0) is 21.3. The van der Waals surface area contributed by atoms with Crippen LogP contribution in [0.2, 0.25) is 0 Å². The Balaban J connectivity index is 1.66. The van der Waals surface area contributed by atoms with E-state index >= 15 is 0 Å². The summed E-state index contributed by atoms with van der Waals surface area (Å²) < 4.78 is 1.74. The number of aromatic nitrogens is 2. The fourth-order valence-electron chi connectivity index (χ4n) is 3.34. The summed E-state index contributed by atoms with van der Waals surface area (Å²) in [7, 11) is 0. The third-order valence-corrected chi connectivity index (χ3v) is 4.98. The van der Waals surface area contributed by atoms with Crippen molar-refractivity contribution in [1.29, 1.82) is 0 Å². The first-order chi connectivity index (χ1) is 14.3. The van der Waals surface area contributed by atoms with Gasteiger partial charge in [0.25, 0.3) is 0 Å². The van der Waals surface area contributed by atoms with Gasteiger partial charge in [0.15, 0.2) is 0 Å². The Hall–Kier alpha value is -3.61. The quantitative estimate of drug-likeness (QED) is 0.592. The average molecular weight is 403 g/mol. The number of nitrogens with one attached hydrogen (secondary N) is 3. The van der Waals surface area contributed by atoms with Gasteiger partial charge in [-0.3, -0.25) is 10.1 Å². The average Bonchev–Trinajstić information content (AvgIpc) is 3.12. The monoisotopic (exact) mass is 403 g/mol. The molecule has 4 rings (SSSR count). The number of anilines is 3. The zero-order valence-electron chi connectivity index (χ0n) is 17.3. The lowest BCUT2D eigenvalue weighted by Gasteiger charge is -2.18. The van der Waals surface area contributed by atoms with Crippen LogP contribution in [0.3, 0.4) is 0 Å². The summed E-state index contributed by atoms with van der Waals surface area (Å²) in [6.45, 7) is 6.24. The SMILES string of the molecule is CC(C)(C)c1cc(NC(=O)Nc2ccccc2)n(-c2ccc3c(c2)CCC(=O)N3)n1. The second-order valence-corrected chi connectivity index (χ2v) is 8.41. The molecule has 3 N–H and O–H groups in total. The summed E-state index contributed by atoms with van der Waals surface area (Å²) in [4.78, 5) is 24.2. The van der Waals surface area contributed by atoms with E-state index in [-0.39, 0.29) is 17.4 Å². The number of rotatable bonds is 3. The zero-order valence-corrected chi connectivity index (χ0v) is 17.3. The van der Waals surface area contributed by atoms with Crippen molar-refractivity contribution in [2.75, 3.05) is 16.0 Å². The molecule has 0 saturated carbocycles. The van der Waals surface area contributed by atoms with Crippen molar-refractivity contribution >= 4 is 29.1 Å². The molecular formula is C23H25N5O2. The first-order valence-corrected chi connectivity index (χ1v) is 9.96. The predicted molar refractivity (Wildman–Crippen MR) is 118 cm³/mol. The van der Waals surface area contributed by atoms with E-state index in [4.69, 9.17) is 5.10 Å². The lowest BCUT2D eigenvalue weighted by atomic mass is 9.92. The smallest absolute Gasteiger partial charge is 0.324 e. The minimum Gasteiger partial charge on any atom is -0.326 e. The molecule has 154 valence electrons. The Kier molecular flexibility index (Phi) is 5.03. The van der Waals surface area contributed by atoms with Crippen molar-refractivity contribution < 1.29 is 9.59 Å². The van der Waals surface area contributed by atoms with E-state index < -0.39 is 0 Å². The lowest BCUT2D eigenvalue weighted by Crippen LogP contribution is -2.21. The van der Waals surface area contributed by atoms with Crippen LogP contribution in [0.1, 0.15) is 38.4 Å². The van der Waals surface area contributed by atoms with Gasteiger partial charge >= 0.3 is 6.03 Å². The molecule has 1 aliphatic rings. The predicted octanol–water partition coefficient (Wildman–Crippen LogP) is 4.70. The van der Waals surface area contributed by atoms with Gasteiger partial charge in [0.2, 0.25) is 5.91 Å². The number of fused-ring (bicyclic) bond motifs is 1. The molecule has 0 spiro atoms. The third kappa shape index (κ3) is 4.20. The van der Waals surface area contributed by atoms with Crippen LogP contribution >= 0.6 is 0 Å². The Morgan fingerprint density at radius 2 is 1.80 bits per heavy atom. The van der Waals surface area contributed by atoms with Gasteiger partial charge in [0, 0.05) is 29.3 Å². The van der Waals surface area contributed by atoms with Gasteiger partial charge in [-0.05, 0) is 42.3 Å². The van der Waals surface area contributed by atoms with E-state index in [9.17, 15) is 9.59 Å². The number of amides is 3. The molecule has 3 aromatic rings. The van der Waals surface area contributed by atoms with E-state index in [0.29, 0.717) is 24.3 Å². The van der Waals surface area contributed by atoms with Gasteiger partial charge in [0.05, 0.1) is 11.4 Å². The maximum absolute atomic E-state index is 12.6. The molecule has 2 heterocycles. The molecule has 1 aliphatic heterocycles. The van der Waals surface area contributed by atoms with Gasteiger partial charge in [-0.15, -0.1) is 0 Å². The van der Waals surface area contributed by atoms with Crippen molar-refractivity contribution in [1.82, 2.24) is 9.78 Å². The van der Waals surface area contributed by atoms with E-state index in [0.717, 1.165) is 22.6 Å². The van der Waals surface area contributed by atoms with Crippen molar-refractivity contribution in [3.63, 3.8) is 0 Å². The van der Waals surface area contributed by atoms with Crippen molar-refractivity contribution in [3.8, 4) is 5.69 Å². The molecule has 0 bridgehead atoms. The minimum atomic E-state index is -0.340. The molecule has 7 nitrogen and oxygen atoms in total. The number of hydrogen-bond donors (Lipinski definition) is 3. The molecule has 7 heteroatoms. The molecule has 0 aliphatic carbocycles. The molecule has 2 aromatic carbocycles. The number of urea groups is 1. The first kappa shape index (κ1) is 19.7. The van der Waals surface area contributed by atoms with Gasteiger partial charge in [0.1, 0.15) is 5.82 Å². The Labute approximate surface area is 175 Å². The summed E-state index contributed by atoms with van der Waals surface area (Å²) in [5, 5.41) is 13.4. The second kappa shape index (κ2) is 7.67. The molecule has 0 fully saturated rings. The molecule has 0 radical (unpaired) electrons. The molecule has 3 amide bonds. The highest BCUT2D eigenvalue weighted by atomic mass is 16.2. The Morgan fingerprint density at radius 3 is 2.53 bits per heavy atom. The largest absolute Gasteiger partial charge is 0.326 e. The van der Waals surface area contributed by atoms with Crippen LogP contribution in [-0.2, 0) is 16.6 Å². The lowest BCUT2D eigenvalue weighted by molar-refractivity contribution is -0.116. The van der Waals surface area contributed by atoms with Crippen molar-refractivity contribution in [3.05, 3.63) is 65.9 Å². The maximum atomic E-state index is 12.6. The molecular weight excluding hydrogens is 378 g/mol. The maximum Gasteiger partial charge on any atom is 0.324 e. The highest BCUT2D eigenvalue weighted by Gasteiger charge is 2.22.